The number of rotatable bonds is 6. The van der Waals surface area contributed by atoms with E-state index < -0.39 is 0 Å². The molecule has 4 heteroatoms. The van der Waals surface area contributed by atoms with Crippen LogP contribution in [0.5, 0.6) is 0 Å². The maximum atomic E-state index is 4.72. The fourth-order valence-corrected chi connectivity index (χ4v) is 2.05. The van der Waals surface area contributed by atoms with E-state index in [9.17, 15) is 0 Å². The van der Waals surface area contributed by atoms with Crippen molar-refractivity contribution in [1.29, 1.82) is 0 Å². The van der Waals surface area contributed by atoms with Gasteiger partial charge in [0.1, 0.15) is 5.82 Å². The van der Waals surface area contributed by atoms with E-state index in [1.807, 2.05) is 31.3 Å². The van der Waals surface area contributed by atoms with Crippen LogP contribution in [-0.4, -0.2) is 35.0 Å². The van der Waals surface area contributed by atoms with Crippen molar-refractivity contribution >= 4 is 11.9 Å². The fourth-order valence-electron chi connectivity index (χ4n) is 2.05. The van der Waals surface area contributed by atoms with Gasteiger partial charge in [-0.3, -0.25) is 9.98 Å². The first-order valence-corrected chi connectivity index (χ1v) is 7.54. The Morgan fingerprint density at radius 2 is 1.95 bits per heavy atom. The van der Waals surface area contributed by atoms with Crippen molar-refractivity contribution in [2.75, 3.05) is 13.1 Å². The highest BCUT2D eigenvalue weighted by atomic mass is 14.9. The molecule has 1 aromatic heterocycles. The lowest BCUT2D eigenvalue weighted by molar-refractivity contribution is 0.396. The number of imidazole rings is 1. The van der Waals surface area contributed by atoms with Gasteiger partial charge in [0.25, 0.3) is 0 Å². The molecule has 0 unspecified atom stereocenters. The quantitative estimate of drug-likeness (QED) is 0.812. The number of H-pyrrole nitrogens is 1. The Kier molecular flexibility index (Phi) is 5.26. The molecule has 1 heterocycles. The molecule has 0 saturated carbocycles. The van der Waals surface area contributed by atoms with Gasteiger partial charge in [0.2, 0.25) is 0 Å². The molecule has 1 aromatic carbocycles. The molecule has 0 spiro atoms. The molecule has 0 saturated heterocycles. The topological polar surface area (TPSA) is 53.4 Å². The molecule has 0 bridgehead atoms. The highest BCUT2D eigenvalue weighted by molar-refractivity contribution is 5.98. The predicted octanol–water partition coefficient (Wildman–Crippen LogP) is 3.67. The van der Waals surface area contributed by atoms with E-state index >= 15 is 0 Å². The zero-order chi connectivity index (χ0) is 16.0. The molecule has 2 aromatic rings. The van der Waals surface area contributed by atoms with E-state index in [-0.39, 0.29) is 5.41 Å². The van der Waals surface area contributed by atoms with Gasteiger partial charge in [-0.1, -0.05) is 44.2 Å². The average molecular weight is 296 g/mol. The predicted molar refractivity (Wildman–Crippen MR) is 93.1 cm³/mol. The number of aromatic amines is 1. The number of aryl methyl sites for hydroxylation is 1. The average Bonchev–Trinajstić information content (AvgIpc) is 2.91. The molecule has 0 aliphatic carbocycles. The molecule has 0 atom stereocenters. The molecule has 116 valence electrons. The summed E-state index contributed by atoms with van der Waals surface area (Å²) in [6, 6.07) is 10.3. The van der Waals surface area contributed by atoms with Crippen LogP contribution in [0.4, 0.5) is 0 Å². The van der Waals surface area contributed by atoms with Crippen molar-refractivity contribution in [3.05, 3.63) is 53.6 Å². The van der Waals surface area contributed by atoms with Crippen LogP contribution < -0.4 is 0 Å². The summed E-state index contributed by atoms with van der Waals surface area (Å²) in [6.45, 7) is 9.85. The van der Waals surface area contributed by atoms with Crippen molar-refractivity contribution in [2.24, 2.45) is 15.4 Å². The SMILES string of the molecule is CC(=NCC(C)(C)CN=Cc1cnc(C)[nH]1)c1ccccc1. The molecule has 0 aliphatic heterocycles. The second-order valence-corrected chi connectivity index (χ2v) is 6.33. The summed E-state index contributed by atoms with van der Waals surface area (Å²) in [5, 5.41) is 0. The molecule has 22 heavy (non-hydrogen) atoms. The van der Waals surface area contributed by atoms with Gasteiger partial charge in [0.15, 0.2) is 0 Å². The fraction of sp³-hybridized carbons (Fsp3) is 0.389. The summed E-state index contributed by atoms with van der Waals surface area (Å²) in [5.74, 6) is 0.906. The van der Waals surface area contributed by atoms with E-state index in [1.165, 1.54) is 5.56 Å². The number of aromatic nitrogens is 2. The molecular formula is C18H24N4. The first-order chi connectivity index (χ1) is 10.5. The molecular weight excluding hydrogens is 272 g/mol. The zero-order valence-electron chi connectivity index (χ0n) is 13.8. The summed E-state index contributed by atoms with van der Waals surface area (Å²) < 4.78 is 0. The number of hydrogen-bond acceptors (Lipinski definition) is 3. The second-order valence-electron chi connectivity index (χ2n) is 6.33. The van der Waals surface area contributed by atoms with E-state index in [2.05, 4.69) is 47.9 Å². The van der Waals surface area contributed by atoms with Gasteiger partial charge < -0.3 is 4.98 Å². The lowest BCUT2D eigenvalue weighted by Gasteiger charge is -2.20. The third-order valence-corrected chi connectivity index (χ3v) is 3.41. The number of benzene rings is 1. The Labute approximate surface area is 132 Å². The van der Waals surface area contributed by atoms with Crippen LogP contribution >= 0.6 is 0 Å². The lowest BCUT2D eigenvalue weighted by Crippen LogP contribution is -2.20. The molecule has 0 fully saturated rings. The highest BCUT2D eigenvalue weighted by Gasteiger charge is 2.16. The molecule has 4 nitrogen and oxygen atoms in total. The monoisotopic (exact) mass is 296 g/mol. The minimum absolute atomic E-state index is 0.0294. The van der Waals surface area contributed by atoms with Crippen LogP contribution in [0, 0.1) is 12.3 Å². The molecule has 0 radical (unpaired) electrons. The largest absolute Gasteiger partial charge is 0.341 e. The van der Waals surface area contributed by atoms with Gasteiger partial charge in [-0.2, -0.15) is 0 Å². The Bertz CT molecular complexity index is 651. The maximum absolute atomic E-state index is 4.72. The molecule has 1 N–H and O–H groups in total. The third kappa shape index (κ3) is 4.95. The van der Waals surface area contributed by atoms with Gasteiger partial charge in [-0.15, -0.1) is 0 Å². The smallest absolute Gasteiger partial charge is 0.103 e. The van der Waals surface area contributed by atoms with Crippen LogP contribution in [-0.2, 0) is 0 Å². The van der Waals surface area contributed by atoms with Crippen molar-refractivity contribution in [1.82, 2.24) is 9.97 Å². The maximum Gasteiger partial charge on any atom is 0.103 e. The molecule has 0 amide bonds. The minimum Gasteiger partial charge on any atom is -0.341 e. The first-order valence-electron chi connectivity index (χ1n) is 7.54. The standard InChI is InChI=1S/C18H24N4/c1-14(16-8-6-5-7-9-16)21-13-18(3,4)12-19-10-17-11-20-15(2)22-17/h5-11H,12-13H2,1-4H3,(H,20,22). The zero-order valence-corrected chi connectivity index (χ0v) is 13.8. The number of aliphatic imine (C=N–C) groups is 2. The van der Waals surface area contributed by atoms with Gasteiger partial charge in [-0.25, -0.2) is 4.98 Å². The summed E-state index contributed by atoms with van der Waals surface area (Å²) in [5.41, 5.74) is 3.22. The summed E-state index contributed by atoms with van der Waals surface area (Å²) >= 11 is 0. The van der Waals surface area contributed by atoms with E-state index in [4.69, 9.17) is 4.99 Å². The van der Waals surface area contributed by atoms with Gasteiger partial charge >= 0.3 is 0 Å². The molecule has 2 rings (SSSR count). The highest BCUT2D eigenvalue weighted by Crippen LogP contribution is 2.16. The lowest BCUT2D eigenvalue weighted by atomic mass is 9.94. The van der Waals surface area contributed by atoms with Crippen molar-refractivity contribution in [3.63, 3.8) is 0 Å². The third-order valence-electron chi connectivity index (χ3n) is 3.41. The van der Waals surface area contributed by atoms with Crippen molar-refractivity contribution in [3.8, 4) is 0 Å². The van der Waals surface area contributed by atoms with E-state index in [0.717, 1.165) is 30.3 Å². The van der Waals surface area contributed by atoms with Crippen LogP contribution in [0.1, 0.15) is 37.9 Å². The Morgan fingerprint density at radius 1 is 1.23 bits per heavy atom. The first kappa shape index (κ1) is 16.1. The molecule has 0 aliphatic rings. The van der Waals surface area contributed by atoms with Gasteiger partial charge in [0, 0.05) is 30.4 Å². The normalized spacial score (nSPS) is 13.0. The van der Waals surface area contributed by atoms with Crippen LogP contribution in [0.25, 0.3) is 0 Å². The van der Waals surface area contributed by atoms with Gasteiger partial charge in [-0.05, 0) is 19.4 Å². The summed E-state index contributed by atoms with van der Waals surface area (Å²) in [4.78, 5) is 16.5. The number of nitrogens with zero attached hydrogens (tertiary/aromatic N) is 3. The Hall–Kier alpha value is -2.23. The summed E-state index contributed by atoms with van der Waals surface area (Å²) in [7, 11) is 0. The Morgan fingerprint density at radius 3 is 2.59 bits per heavy atom. The van der Waals surface area contributed by atoms with Crippen LogP contribution in [0.15, 0.2) is 46.5 Å². The van der Waals surface area contributed by atoms with E-state index in [1.54, 1.807) is 6.20 Å². The van der Waals surface area contributed by atoms with Crippen LogP contribution in [0.2, 0.25) is 0 Å². The number of nitrogens with one attached hydrogen (secondary N) is 1. The van der Waals surface area contributed by atoms with Crippen molar-refractivity contribution < 1.29 is 0 Å². The van der Waals surface area contributed by atoms with Gasteiger partial charge in [0.05, 0.1) is 11.9 Å². The minimum atomic E-state index is 0.0294. The van der Waals surface area contributed by atoms with E-state index in [0.29, 0.717) is 0 Å². The summed E-state index contributed by atoms with van der Waals surface area (Å²) in [6.07, 6.45) is 3.64. The second kappa shape index (κ2) is 7.16. The Balaban J connectivity index is 1.92. The van der Waals surface area contributed by atoms with Crippen molar-refractivity contribution in [2.45, 2.75) is 27.7 Å². The van der Waals surface area contributed by atoms with Crippen LogP contribution in [0.3, 0.4) is 0 Å². The number of hydrogen-bond donors (Lipinski definition) is 1.